The lowest BCUT2D eigenvalue weighted by Crippen LogP contribution is -2.27. The Morgan fingerprint density at radius 2 is 2.33 bits per heavy atom. The minimum Gasteiger partial charge on any atom is -0.350 e. The van der Waals surface area contributed by atoms with E-state index in [1.165, 1.54) is 0 Å². The van der Waals surface area contributed by atoms with Gasteiger partial charge in [0.1, 0.15) is 6.54 Å². The highest BCUT2D eigenvalue weighted by atomic mass is 35.5. The smallest absolute Gasteiger partial charge is 0.242 e. The van der Waals surface area contributed by atoms with Gasteiger partial charge in [0, 0.05) is 6.54 Å². The summed E-state index contributed by atoms with van der Waals surface area (Å²) in [5.41, 5.74) is 2.68. The molecular formula is C12H14ClN3OS. The van der Waals surface area contributed by atoms with Crippen molar-refractivity contribution in [1.82, 2.24) is 15.1 Å². The van der Waals surface area contributed by atoms with Crippen LogP contribution in [0.3, 0.4) is 0 Å². The molecule has 0 saturated carbocycles. The van der Waals surface area contributed by atoms with Crippen LogP contribution >= 0.6 is 22.9 Å². The number of amides is 1. The molecule has 0 bridgehead atoms. The molecular weight excluding hydrogens is 270 g/mol. The molecule has 0 fully saturated rings. The first kappa shape index (κ1) is 13.1. The molecule has 0 unspecified atom stereocenters. The molecule has 2 rings (SSSR count). The molecule has 96 valence electrons. The van der Waals surface area contributed by atoms with E-state index in [1.54, 1.807) is 16.0 Å². The fourth-order valence-corrected chi connectivity index (χ4v) is 2.42. The number of hydrogen-bond donors (Lipinski definition) is 1. The summed E-state index contributed by atoms with van der Waals surface area (Å²) >= 11 is 7.64. The van der Waals surface area contributed by atoms with Crippen molar-refractivity contribution in [3.05, 3.63) is 38.8 Å². The molecule has 0 aliphatic rings. The first-order valence-electron chi connectivity index (χ1n) is 5.55. The molecule has 0 aliphatic heterocycles. The average molecular weight is 284 g/mol. The number of aryl methyl sites for hydroxylation is 1. The van der Waals surface area contributed by atoms with Gasteiger partial charge in [-0.05, 0) is 36.2 Å². The number of thiophene rings is 1. The highest BCUT2D eigenvalue weighted by Gasteiger charge is 2.11. The molecule has 0 spiro atoms. The van der Waals surface area contributed by atoms with Crippen LogP contribution < -0.4 is 5.32 Å². The second kappa shape index (κ2) is 5.54. The Morgan fingerprint density at radius 3 is 2.89 bits per heavy atom. The maximum Gasteiger partial charge on any atom is 0.242 e. The van der Waals surface area contributed by atoms with E-state index in [1.807, 2.05) is 30.7 Å². The van der Waals surface area contributed by atoms with E-state index in [0.717, 1.165) is 17.0 Å². The fourth-order valence-electron chi connectivity index (χ4n) is 1.61. The van der Waals surface area contributed by atoms with E-state index < -0.39 is 0 Å². The van der Waals surface area contributed by atoms with Crippen molar-refractivity contribution in [3.63, 3.8) is 0 Å². The Labute approximate surface area is 115 Å². The molecule has 1 amide bonds. The van der Waals surface area contributed by atoms with Gasteiger partial charge >= 0.3 is 0 Å². The normalized spacial score (nSPS) is 10.6. The summed E-state index contributed by atoms with van der Waals surface area (Å²) in [4.78, 5) is 11.8. The molecule has 0 saturated heterocycles. The van der Waals surface area contributed by atoms with Crippen LogP contribution in [0.4, 0.5) is 0 Å². The maximum atomic E-state index is 11.8. The number of nitrogens with one attached hydrogen (secondary N) is 1. The van der Waals surface area contributed by atoms with Crippen LogP contribution in [0.25, 0.3) is 0 Å². The van der Waals surface area contributed by atoms with E-state index in [9.17, 15) is 4.79 Å². The summed E-state index contributed by atoms with van der Waals surface area (Å²) < 4.78 is 1.63. The average Bonchev–Trinajstić information content (AvgIpc) is 2.93. The summed E-state index contributed by atoms with van der Waals surface area (Å²) in [5.74, 6) is -0.0662. The summed E-state index contributed by atoms with van der Waals surface area (Å²) in [7, 11) is 0. The van der Waals surface area contributed by atoms with Crippen LogP contribution in [0.1, 0.15) is 17.0 Å². The predicted molar refractivity (Wildman–Crippen MR) is 72.9 cm³/mol. The molecule has 6 heteroatoms. The third kappa shape index (κ3) is 2.91. The third-order valence-corrected chi connectivity index (χ3v) is 3.94. The van der Waals surface area contributed by atoms with E-state index >= 15 is 0 Å². The number of carbonyl (C=O) groups excluding carboxylic acids is 1. The Hall–Kier alpha value is -1.33. The maximum absolute atomic E-state index is 11.8. The van der Waals surface area contributed by atoms with Gasteiger partial charge in [-0.25, -0.2) is 0 Å². The van der Waals surface area contributed by atoms with Gasteiger partial charge in [0.25, 0.3) is 0 Å². The molecule has 0 radical (unpaired) electrons. The Balaban J connectivity index is 1.93. The zero-order valence-electron chi connectivity index (χ0n) is 10.2. The number of aromatic nitrogens is 2. The number of hydrogen-bond acceptors (Lipinski definition) is 3. The summed E-state index contributed by atoms with van der Waals surface area (Å²) in [5, 5.41) is 11.7. The van der Waals surface area contributed by atoms with Crippen LogP contribution in [0.5, 0.6) is 0 Å². The van der Waals surface area contributed by atoms with Crippen molar-refractivity contribution in [2.75, 3.05) is 0 Å². The Kier molecular flexibility index (Phi) is 4.04. The van der Waals surface area contributed by atoms with Gasteiger partial charge in [-0.3, -0.25) is 9.48 Å². The molecule has 4 nitrogen and oxygen atoms in total. The largest absolute Gasteiger partial charge is 0.350 e. The Bertz CT molecular complexity index is 548. The molecule has 0 aliphatic carbocycles. The van der Waals surface area contributed by atoms with Crippen molar-refractivity contribution in [2.24, 2.45) is 0 Å². The van der Waals surface area contributed by atoms with Gasteiger partial charge in [0.05, 0.1) is 16.4 Å². The van der Waals surface area contributed by atoms with E-state index in [4.69, 9.17) is 11.6 Å². The van der Waals surface area contributed by atoms with Crippen LogP contribution in [-0.4, -0.2) is 15.7 Å². The molecule has 2 aromatic rings. The topological polar surface area (TPSA) is 46.9 Å². The SMILES string of the molecule is Cc1nn(CC(=O)NCc2ccsc2)c(C)c1Cl. The van der Waals surface area contributed by atoms with Gasteiger partial charge in [-0.2, -0.15) is 16.4 Å². The Morgan fingerprint density at radius 1 is 1.56 bits per heavy atom. The van der Waals surface area contributed by atoms with Gasteiger partial charge in [0.15, 0.2) is 0 Å². The summed E-state index contributed by atoms with van der Waals surface area (Å²) in [6.07, 6.45) is 0. The molecule has 2 aromatic heterocycles. The van der Waals surface area contributed by atoms with E-state index in [2.05, 4.69) is 10.4 Å². The minimum absolute atomic E-state index is 0.0662. The number of halogens is 1. The quantitative estimate of drug-likeness (QED) is 0.937. The summed E-state index contributed by atoms with van der Waals surface area (Å²) in [6, 6.07) is 1.99. The fraction of sp³-hybridized carbons (Fsp3) is 0.333. The van der Waals surface area contributed by atoms with Crippen molar-refractivity contribution >= 4 is 28.8 Å². The van der Waals surface area contributed by atoms with Crippen LogP contribution in [0.2, 0.25) is 5.02 Å². The van der Waals surface area contributed by atoms with E-state index in [0.29, 0.717) is 11.6 Å². The highest BCUT2D eigenvalue weighted by Crippen LogP contribution is 2.18. The first-order chi connectivity index (χ1) is 8.58. The van der Waals surface area contributed by atoms with Gasteiger partial charge < -0.3 is 5.32 Å². The third-order valence-electron chi connectivity index (χ3n) is 2.66. The first-order valence-corrected chi connectivity index (χ1v) is 6.87. The molecule has 2 heterocycles. The zero-order chi connectivity index (χ0) is 13.1. The van der Waals surface area contributed by atoms with Crippen molar-refractivity contribution in [3.8, 4) is 0 Å². The highest BCUT2D eigenvalue weighted by molar-refractivity contribution is 7.07. The lowest BCUT2D eigenvalue weighted by atomic mass is 10.3. The monoisotopic (exact) mass is 283 g/mol. The number of carbonyl (C=O) groups is 1. The van der Waals surface area contributed by atoms with Gasteiger partial charge in [-0.15, -0.1) is 0 Å². The molecule has 18 heavy (non-hydrogen) atoms. The standard InChI is InChI=1S/C12H14ClN3OS/c1-8-12(13)9(2)16(15-8)6-11(17)14-5-10-3-4-18-7-10/h3-4,7H,5-6H2,1-2H3,(H,14,17). The van der Waals surface area contributed by atoms with E-state index in [-0.39, 0.29) is 12.5 Å². The molecule has 0 atom stereocenters. The lowest BCUT2D eigenvalue weighted by molar-refractivity contribution is -0.122. The van der Waals surface area contributed by atoms with Gasteiger partial charge in [0.2, 0.25) is 5.91 Å². The predicted octanol–water partition coefficient (Wildman–Crippen LogP) is 2.53. The number of rotatable bonds is 4. The lowest BCUT2D eigenvalue weighted by Gasteiger charge is -2.05. The number of nitrogens with zero attached hydrogens (tertiary/aromatic N) is 2. The van der Waals surface area contributed by atoms with Crippen LogP contribution in [-0.2, 0) is 17.9 Å². The van der Waals surface area contributed by atoms with Crippen molar-refractivity contribution in [1.29, 1.82) is 0 Å². The van der Waals surface area contributed by atoms with Crippen molar-refractivity contribution in [2.45, 2.75) is 26.9 Å². The second-order valence-electron chi connectivity index (χ2n) is 4.05. The van der Waals surface area contributed by atoms with Crippen LogP contribution in [0, 0.1) is 13.8 Å². The minimum atomic E-state index is -0.0662. The summed E-state index contributed by atoms with van der Waals surface area (Å²) in [6.45, 7) is 4.43. The van der Waals surface area contributed by atoms with Crippen LogP contribution in [0.15, 0.2) is 16.8 Å². The molecule has 1 N–H and O–H groups in total. The zero-order valence-corrected chi connectivity index (χ0v) is 11.8. The van der Waals surface area contributed by atoms with Crippen molar-refractivity contribution < 1.29 is 4.79 Å². The molecule has 0 aromatic carbocycles. The second-order valence-corrected chi connectivity index (χ2v) is 5.21. The van der Waals surface area contributed by atoms with Gasteiger partial charge in [-0.1, -0.05) is 11.6 Å².